The summed E-state index contributed by atoms with van der Waals surface area (Å²) in [7, 11) is 0. The number of ether oxygens (including phenoxy) is 1. The van der Waals surface area contributed by atoms with Gasteiger partial charge in [0.25, 0.3) is 5.89 Å². The molecule has 2 heterocycles. The zero-order chi connectivity index (χ0) is 16.2. The van der Waals surface area contributed by atoms with Gasteiger partial charge in [0.15, 0.2) is 6.61 Å². The van der Waals surface area contributed by atoms with Crippen LogP contribution in [0.25, 0.3) is 17.1 Å². The topological polar surface area (TPSA) is 91.8 Å². The lowest BCUT2D eigenvalue weighted by molar-refractivity contribution is 0.264. The molecule has 4 rings (SSSR count). The number of hydrogen-bond donors (Lipinski definition) is 0. The van der Waals surface area contributed by atoms with Crippen LogP contribution in [0.4, 0.5) is 0 Å². The third-order valence-electron chi connectivity index (χ3n) is 3.30. The fourth-order valence-corrected chi connectivity index (χ4v) is 2.13. The van der Waals surface area contributed by atoms with Crippen LogP contribution in [0, 0.1) is 0 Å². The molecule has 0 bridgehead atoms. The monoisotopic (exact) mass is 320 g/mol. The average Bonchev–Trinajstić information content (AvgIpc) is 3.33. The van der Waals surface area contributed by atoms with Crippen molar-refractivity contribution in [2.75, 3.05) is 0 Å². The predicted octanol–water partition coefficient (Wildman–Crippen LogP) is 2.29. The molecule has 0 unspecified atom stereocenters. The zero-order valence-electron chi connectivity index (χ0n) is 12.5. The minimum atomic E-state index is 0.198. The van der Waals surface area contributed by atoms with Gasteiger partial charge >= 0.3 is 0 Å². The Balaban J connectivity index is 1.41. The van der Waals surface area contributed by atoms with Gasteiger partial charge in [-0.05, 0) is 46.8 Å². The standard InChI is InChI=1S/C16H12N6O2/c1-2-4-12(5-3-1)16-19-18-15(24-16)10-23-14-8-6-13(7-9-14)22-11-17-20-21-22/h1-9,11H,10H2. The first kappa shape index (κ1) is 14.1. The van der Waals surface area contributed by atoms with Crippen molar-refractivity contribution >= 4 is 0 Å². The van der Waals surface area contributed by atoms with Crippen LogP contribution in [0.3, 0.4) is 0 Å². The number of aromatic nitrogens is 6. The van der Waals surface area contributed by atoms with E-state index >= 15 is 0 Å². The fraction of sp³-hybridized carbons (Fsp3) is 0.0625. The second-order valence-corrected chi connectivity index (χ2v) is 4.90. The highest BCUT2D eigenvalue weighted by Crippen LogP contribution is 2.19. The van der Waals surface area contributed by atoms with Crippen LogP contribution in [0.2, 0.25) is 0 Å². The van der Waals surface area contributed by atoms with E-state index in [1.165, 1.54) is 6.33 Å². The zero-order valence-corrected chi connectivity index (χ0v) is 12.5. The Hall–Kier alpha value is -3.55. The molecule has 0 aliphatic heterocycles. The normalized spacial score (nSPS) is 10.7. The molecule has 0 saturated carbocycles. The summed E-state index contributed by atoms with van der Waals surface area (Å²) in [4.78, 5) is 0. The Morgan fingerprint density at radius 1 is 0.958 bits per heavy atom. The lowest BCUT2D eigenvalue weighted by atomic mass is 10.2. The first-order valence-corrected chi connectivity index (χ1v) is 7.22. The molecule has 0 atom stereocenters. The third-order valence-corrected chi connectivity index (χ3v) is 3.30. The average molecular weight is 320 g/mol. The molecule has 8 nitrogen and oxygen atoms in total. The van der Waals surface area contributed by atoms with E-state index < -0.39 is 0 Å². The van der Waals surface area contributed by atoms with E-state index in [1.807, 2.05) is 54.6 Å². The molecule has 0 N–H and O–H groups in total. The van der Waals surface area contributed by atoms with Gasteiger partial charge < -0.3 is 9.15 Å². The number of nitrogens with zero attached hydrogens (tertiary/aromatic N) is 6. The first-order valence-electron chi connectivity index (χ1n) is 7.22. The Bertz CT molecular complexity index is 903. The molecule has 0 radical (unpaired) electrons. The second kappa shape index (κ2) is 6.29. The molecule has 8 heteroatoms. The van der Waals surface area contributed by atoms with Crippen LogP contribution in [-0.4, -0.2) is 30.4 Å². The number of tetrazole rings is 1. The van der Waals surface area contributed by atoms with Crippen molar-refractivity contribution in [3.8, 4) is 22.9 Å². The van der Waals surface area contributed by atoms with E-state index in [0.717, 1.165) is 11.3 Å². The molecular weight excluding hydrogens is 308 g/mol. The van der Waals surface area contributed by atoms with E-state index in [1.54, 1.807) is 4.68 Å². The highest BCUT2D eigenvalue weighted by molar-refractivity contribution is 5.51. The summed E-state index contributed by atoms with van der Waals surface area (Å²) < 4.78 is 12.8. The lowest BCUT2D eigenvalue weighted by Crippen LogP contribution is -1.97. The van der Waals surface area contributed by atoms with E-state index in [9.17, 15) is 0 Å². The highest BCUT2D eigenvalue weighted by Gasteiger charge is 2.08. The minimum Gasteiger partial charge on any atom is -0.484 e. The SMILES string of the molecule is c1ccc(-c2nnc(COc3ccc(-n4cnnn4)cc3)o2)cc1. The Morgan fingerprint density at radius 2 is 1.79 bits per heavy atom. The molecule has 4 aromatic rings. The van der Waals surface area contributed by atoms with Gasteiger partial charge in [0.2, 0.25) is 5.89 Å². The van der Waals surface area contributed by atoms with Crippen LogP contribution in [0.15, 0.2) is 65.3 Å². The maximum absolute atomic E-state index is 5.66. The largest absolute Gasteiger partial charge is 0.484 e. The summed E-state index contributed by atoms with van der Waals surface area (Å²) in [6.45, 7) is 0.198. The van der Waals surface area contributed by atoms with Gasteiger partial charge in [0, 0.05) is 5.56 Å². The van der Waals surface area contributed by atoms with Crippen molar-refractivity contribution in [3.05, 3.63) is 66.8 Å². The molecule has 0 amide bonds. The molecule has 2 aromatic carbocycles. The van der Waals surface area contributed by atoms with Gasteiger partial charge in [0.1, 0.15) is 12.1 Å². The van der Waals surface area contributed by atoms with Gasteiger partial charge in [0.05, 0.1) is 5.69 Å². The molecule has 0 fully saturated rings. The third kappa shape index (κ3) is 2.98. The summed E-state index contributed by atoms with van der Waals surface area (Å²) in [6, 6.07) is 17.0. The summed E-state index contributed by atoms with van der Waals surface area (Å²) in [6.07, 6.45) is 1.53. The van der Waals surface area contributed by atoms with Crippen LogP contribution < -0.4 is 4.74 Å². The van der Waals surface area contributed by atoms with Crippen molar-refractivity contribution < 1.29 is 9.15 Å². The summed E-state index contributed by atoms with van der Waals surface area (Å²) in [5.74, 6) is 1.58. The predicted molar refractivity (Wildman–Crippen MR) is 83.2 cm³/mol. The van der Waals surface area contributed by atoms with Gasteiger partial charge in [-0.1, -0.05) is 18.2 Å². The van der Waals surface area contributed by atoms with Crippen LogP contribution in [0.5, 0.6) is 5.75 Å². The van der Waals surface area contributed by atoms with Gasteiger partial charge in [-0.15, -0.1) is 15.3 Å². The van der Waals surface area contributed by atoms with Crippen molar-refractivity contribution in [2.24, 2.45) is 0 Å². The molecule has 0 aliphatic rings. The maximum Gasteiger partial charge on any atom is 0.254 e. The highest BCUT2D eigenvalue weighted by atomic mass is 16.5. The molecule has 0 spiro atoms. The number of benzene rings is 2. The summed E-state index contributed by atoms with van der Waals surface area (Å²) in [5, 5.41) is 19.0. The van der Waals surface area contributed by atoms with Crippen LogP contribution >= 0.6 is 0 Å². The van der Waals surface area contributed by atoms with Crippen molar-refractivity contribution in [1.82, 2.24) is 30.4 Å². The van der Waals surface area contributed by atoms with Crippen molar-refractivity contribution in [2.45, 2.75) is 6.61 Å². The molecule has 0 aliphatic carbocycles. The lowest BCUT2D eigenvalue weighted by Gasteiger charge is -2.04. The van der Waals surface area contributed by atoms with Crippen molar-refractivity contribution in [1.29, 1.82) is 0 Å². The van der Waals surface area contributed by atoms with Crippen molar-refractivity contribution in [3.63, 3.8) is 0 Å². The minimum absolute atomic E-state index is 0.198. The van der Waals surface area contributed by atoms with Gasteiger partial charge in [-0.2, -0.15) is 0 Å². The van der Waals surface area contributed by atoms with Crippen LogP contribution in [-0.2, 0) is 6.61 Å². The van der Waals surface area contributed by atoms with Gasteiger partial charge in [-0.25, -0.2) is 4.68 Å². The fourth-order valence-electron chi connectivity index (χ4n) is 2.13. The number of rotatable bonds is 5. The molecule has 118 valence electrons. The van der Waals surface area contributed by atoms with E-state index in [-0.39, 0.29) is 6.61 Å². The molecular formula is C16H12N6O2. The number of hydrogen-bond acceptors (Lipinski definition) is 7. The maximum atomic E-state index is 5.66. The molecule has 2 aromatic heterocycles. The van der Waals surface area contributed by atoms with E-state index in [0.29, 0.717) is 17.5 Å². The first-order chi connectivity index (χ1) is 11.9. The summed E-state index contributed by atoms with van der Waals surface area (Å²) >= 11 is 0. The summed E-state index contributed by atoms with van der Waals surface area (Å²) in [5.41, 5.74) is 1.72. The Morgan fingerprint density at radius 3 is 2.54 bits per heavy atom. The Labute approximate surface area is 136 Å². The van der Waals surface area contributed by atoms with Gasteiger partial charge in [-0.3, -0.25) is 0 Å². The quantitative estimate of drug-likeness (QED) is 0.557. The van der Waals surface area contributed by atoms with E-state index in [4.69, 9.17) is 9.15 Å². The molecule has 0 saturated heterocycles. The Kier molecular flexibility index (Phi) is 3.69. The smallest absolute Gasteiger partial charge is 0.254 e. The molecule has 24 heavy (non-hydrogen) atoms. The van der Waals surface area contributed by atoms with Crippen LogP contribution in [0.1, 0.15) is 5.89 Å². The second-order valence-electron chi connectivity index (χ2n) is 4.90. The van der Waals surface area contributed by atoms with E-state index in [2.05, 4.69) is 25.7 Å².